The molecule has 0 saturated heterocycles. The molecule has 10 heteroatoms. The van der Waals surface area contributed by atoms with Crippen molar-refractivity contribution >= 4 is 222 Å². The van der Waals surface area contributed by atoms with Gasteiger partial charge in [0.05, 0.1) is 88.3 Å². The highest BCUT2D eigenvalue weighted by Crippen LogP contribution is 2.49. The number of benzene rings is 22. The van der Waals surface area contributed by atoms with E-state index in [4.69, 9.17) is 0 Å². The topological polar surface area (TPSA) is 39.4 Å². The fourth-order valence-corrected chi connectivity index (χ4v) is 31.8. The Balaban J connectivity index is 0.000000138. The summed E-state index contributed by atoms with van der Waals surface area (Å²) < 4.78 is 19.9. The summed E-state index contributed by atoms with van der Waals surface area (Å²) in [6, 6.07) is 194. The summed E-state index contributed by atoms with van der Waals surface area (Å²) in [4.78, 5) is 0. The average molecular weight is 1870 g/mol. The molecule has 22 aromatic carbocycles. The Morgan fingerprint density at radius 2 is 0.243 bits per heavy atom. The van der Waals surface area contributed by atoms with Crippen molar-refractivity contribution in [2.45, 2.75) is 13.1 Å². The molecule has 0 spiro atoms. The highest BCUT2D eigenvalue weighted by Gasteiger charge is 2.42. The number of hydrogen-bond acceptors (Lipinski definition) is 0. The standard InChI is InChI=1S/C72H48N4Si.C62H44N4Si/c1-5-21-49(22-6-1)73-65-33-17-13-29-57(65)61-45-47-63-59-31-15-19-35-67(59)75(71(63)69(61)73)51-37-41-55(42-38-51)77(53-25-9-3-10-26-53,54-27-11-4-12-28-54)56-43-39-52(40-44-56)76-68-36-20-16-32-60(68)64-48-46-62-58-30-14-18-34-66(58)74(70(62)72(64)76)50-23-7-2-8-24-50;1-67(2,45-33-29-43(30-34-45)65-57-27-15-11-23-49(57)53-39-37-51-47-21-9-13-25-55(47)63(59(51)61(53)65)41-17-5-3-6-18-41)46-35-31-44(32-36-46)66-58-28-16-12-24-50(58)54-40-38-52-48-22-10-14-26-56(48)64(60(52)62(54)66)42-19-7-4-8-20-42/h1-48H;3-40H,1-2H3. The van der Waals surface area contributed by atoms with Crippen LogP contribution >= 0.6 is 0 Å². The first-order valence-electron chi connectivity index (χ1n) is 49.9. The molecular weight excluding hydrogens is 1780 g/mol. The summed E-state index contributed by atoms with van der Waals surface area (Å²) in [5.41, 5.74) is 28.5. The van der Waals surface area contributed by atoms with Crippen LogP contribution in [0.5, 0.6) is 0 Å². The lowest BCUT2D eigenvalue weighted by molar-refractivity contribution is 1.15. The van der Waals surface area contributed by atoms with Gasteiger partial charge < -0.3 is 36.5 Å². The van der Waals surface area contributed by atoms with Crippen molar-refractivity contribution in [2.75, 3.05) is 0 Å². The van der Waals surface area contributed by atoms with Crippen LogP contribution in [0.25, 0.3) is 220 Å². The van der Waals surface area contributed by atoms with Gasteiger partial charge in [-0.2, -0.15) is 0 Å². The highest BCUT2D eigenvalue weighted by atomic mass is 28.3. The Morgan fingerprint density at radius 3 is 0.417 bits per heavy atom. The van der Waals surface area contributed by atoms with E-state index >= 15 is 0 Å². The van der Waals surface area contributed by atoms with E-state index in [0.29, 0.717) is 0 Å². The molecule has 8 nitrogen and oxygen atoms in total. The van der Waals surface area contributed by atoms with Gasteiger partial charge in [-0.3, -0.25) is 0 Å². The van der Waals surface area contributed by atoms with Crippen molar-refractivity contribution in [2.24, 2.45) is 0 Å². The molecule has 0 N–H and O–H groups in total. The molecule has 0 bridgehead atoms. The van der Waals surface area contributed by atoms with E-state index in [1.165, 1.54) is 206 Å². The van der Waals surface area contributed by atoms with Gasteiger partial charge in [0.25, 0.3) is 0 Å². The molecule has 0 fully saturated rings. The quantitative estimate of drug-likeness (QED) is 0.0769. The molecular formula is C134H92N8Si2. The minimum Gasteiger partial charge on any atom is -0.307 e. The highest BCUT2D eigenvalue weighted by molar-refractivity contribution is 7.20. The maximum atomic E-state index is 2.51. The predicted octanol–water partition coefficient (Wildman–Crippen LogP) is 30.4. The molecule has 0 amide bonds. The maximum Gasteiger partial charge on any atom is 0.179 e. The fraction of sp³-hybridized carbons (Fsp3) is 0.0149. The second kappa shape index (κ2) is 32.6. The summed E-state index contributed by atoms with van der Waals surface area (Å²) in [6.45, 7) is 4.98. The summed E-state index contributed by atoms with van der Waals surface area (Å²) in [5.74, 6) is 0. The molecule has 0 aliphatic heterocycles. The van der Waals surface area contributed by atoms with Gasteiger partial charge in [0.2, 0.25) is 0 Å². The maximum absolute atomic E-state index is 2.99. The van der Waals surface area contributed by atoms with Crippen LogP contribution in [0.3, 0.4) is 0 Å². The zero-order valence-corrected chi connectivity index (χ0v) is 81.2. The Kier molecular flexibility index (Phi) is 18.8. The van der Waals surface area contributed by atoms with Gasteiger partial charge >= 0.3 is 0 Å². The van der Waals surface area contributed by atoms with Gasteiger partial charge in [-0.25, -0.2) is 0 Å². The fourth-order valence-electron chi connectivity index (χ4n) is 24.8. The molecule has 144 heavy (non-hydrogen) atoms. The van der Waals surface area contributed by atoms with Gasteiger partial charge in [0, 0.05) is 132 Å². The Labute approximate surface area is 832 Å². The number of nitrogens with zero attached hydrogens (tertiary/aromatic N) is 8. The van der Waals surface area contributed by atoms with Crippen LogP contribution in [0.2, 0.25) is 13.1 Å². The van der Waals surface area contributed by atoms with Crippen molar-refractivity contribution in [1.29, 1.82) is 0 Å². The van der Waals surface area contributed by atoms with Crippen LogP contribution in [-0.4, -0.2) is 52.7 Å². The van der Waals surface area contributed by atoms with E-state index in [1.807, 2.05) is 0 Å². The molecule has 0 aliphatic rings. The molecule has 0 aliphatic carbocycles. The molecule has 0 radical (unpaired) electrons. The van der Waals surface area contributed by atoms with Crippen molar-refractivity contribution in [1.82, 2.24) is 36.5 Å². The zero-order valence-electron chi connectivity index (χ0n) is 79.2. The van der Waals surface area contributed by atoms with E-state index in [-0.39, 0.29) is 0 Å². The Morgan fingerprint density at radius 1 is 0.111 bits per heavy atom. The molecule has 8 heterocycles. The van der Waals surface area contributed by atoms with E-state index in [1.54, 1.807) is 0 Å². The van der Waals surface area contributed by atoms with E-state index in [0.717, 1.165) is 45.5 Å². The number of fused-ring (bicyclic) bond motifs is 28. The Bertz CT molecular complexity index is 9790. The molecule has 30 aromatic rings. The van der Waals surface area contributed by atoms with Crippen molar-refractivity contribution < 1.29 is 0 Å². The Hall–Kier alpha value is -18.3. The lowest BCUT2D eigenvalue weighted by Crippen LogP contribution is -2.74. The van der Waals surface area contributed by atoms with E-state index in [2.05, 4.69) is 571 Å². The third-order valence-electron chi connectivity index (χ3n) is 31.2. The van der Waals surface area contributed by atoms with Crippen LogP contribution in [0.4, 0.5) is 0 Å². The van der Waals surface area contributed by atoms with Crippen LogP contribution in [0.15, 0.2) is 522 Å². The number of hydrogen-bond donors (Lipinski definition) is 0. The van der Waals surface area contributed by atoms with E-state index in [9.17, 15) is 0 Å². The third-order valence-corrected chi connectivity index (χ3v) is 39.5. The number of aromatic nitrogens is 8. The number of para-hydroxylation sites is 12. The largest absolute Gasteiger partial charge is 0.307 e. The second-order valence-corrected chi connectivity index (χ2v) is 47.1. The molecule has 676 valence electrons. The third kappa shape index (κ3) is 12.3. The van der Waals surface area contributed by atoms with E-state index < -0.39 is 16.1 Å². The smallest absolute Gasteiger partial charge is 0.179 e. The SMILES string of the molecule is C[Si](C)(c1ccc(-n2c3ccccc3c3ccc4c5ccccc5n(-c5ccccc5)c4c32)cc1)c1ccc(-n2c3ccccc3c3ccc4c5ccccc5n(-c5ccccc5)c4c32)cc1.c1ccc(-n2c3ccccc3c3ccc4c5ccccc5n(-c5ccc([Si](c6ccccc6)(c6ccccc6)c6ccc(-n7c8ccccc8c8ccc9c%10ccccc%10n(-c%10ccccc%10)c9c87)cc6)cc5)c4c32)cc1. The molecule has 8 aromatic heterocycles. The van der Waals surface area contributed by atoms with Gasteiger partial charge in [-0.15, -0.1) is 0 Å². The number of rotatable bonds is 14. The first-order valence-corrected chi connectivity index (χ1v) is 54.9. The minimum atomic E-state index is -2.99. The van der Waals surface area contributed by atoms with Crippen LogP contribution in [-0.2, 0) is 0 Å². The van der Waals surface area contributed by atoms with Crippen molar-refractivity contribution in [3.8, 4) is 45.5 Å². The summed E-state index contributed by atoms with van der Waals surface area (Å²) >= 11 is 0. The van der Waals surface area contributed by atoms with Crippen LogP contribution < -0.4 is 31.1 Å². The molecule has 30 rings (SSSR count). The zero-order chi connectivity index (χ0) is 95.0. The van der Waals surface area contributed by atoms with Gasteiger partial charge in [-0.05, 0) is 166 Å². The monoisotopic (exact) mass is 1870 g/mol. The van der Waals surface area contributed by atoms with Crippen molar-refractivity contribution in [3.63, 3.8) is 0 Å². The second-order valence-electron chi connectivity index (χ2n) is 38.9. The lowest BCUT2D eigenvalue weighted by atomic mass is 10.1. The minimum absolute atomic E-state index is 1.13. The van der Waals surface area contributed by atoms with Crippen LogP contribution in [0, 0.1) is 0 Å². The van der Waals surface area contributed by atoms with Crippen LogP contribution in [0.1, 0.15) is 0 Å². The summed E-state index contributed by atoms with van der Waals surface area (Å²) in [6.07, 6.45) is 0. The lowest BCUT2D eigenvalue weighted by Gasteiger charge is -2.34. The molecule has 0 atom stereocenters. The predicted molar refractivity (Wildman–Crippen MR) is 614 cm³/mol. The summed E-state index contributed by atoms with van der Waals surface area (Å²) in [7, 11) is -5.15. The first-order chi connectivity index (χ1) is 71.3. The first kappa shape index (κ1) is 82.7. The van der Waals surface area contributed by atoms with Gasteiger partial charge in [-0.1, -0.05) is 400 Å². The summed E-state index contributed by atoms with van der Waals surface area (Å²) in [5, 5.41) is 28.1. The van der Waals surface area contributed by atoms with Crippen molar-refractivity contribution in [3.05, 3.63) is 522 Å². The molecule has 0 saturated carbocycles. The van der Waals surface area contributed by atoms with Gasteiger partial charge in [0.15, 0.2) is 8.07 Å². The normalized spacial score (nSPS) is 12.2. The average Bonchev–Trinajstić information content (AvgIpc) is 1.55. The molecule has 0 unspecified atom stereocenters. The van der Waals surface area contributed by atoms with Gasteiger partial charge in [0.1, 0.15) is 8.07 Å².